The maximum Gasteiger partial charge on any atom is 0.277 e. The molecule has 0 bridgehead atoms. The molecule has 9 nitrogen and oxygen atoms in total. The monoisotopic (exact) mass is 390 g/mol. The molecule has 2 aromatic heterocycles. The molecule has 1 aromatic carbocycles. The molecule has 0 spiro atoms. The van der Waals surface area contributed by atoms with Crippen molar-refractivity contribution >= 4 is 23.5 Å². The van der Waals surface area contributed by atoms with Gasteiger partial charge in [0.15, 0.2) is 5.82 Å². The van der Waals surface area contributed by atoms with Crippen LogP contribution in [-0.4, -0.2) is 40.7 Å². The van der Waals surface area contributed by atoms with Gasteiger partial charge < -0.3 is 23.7 Å². The van der Waals surface area contributed by atoms with Crippen LogP contribution >= 0.6 is 11.8 Å². The molecule has 0 aliphatic carbocycles. The van der Waals surface area contributed by atoms with Crippen molar-refractivity contribution in [1.82, 2.24) is 15.4 Å². The van der Waals surface area contributed by atoms with E-state index in [0.29, 0.717) is 28.6 Å². The van der Waals surface area contributed by atoms with E-state index in [1.165, 1.54) is 0 Å². The summed E-state index contributed by atoms with van der Waals surface area (Å²) in [6.45, 7) is 3.47. The van der Waals surface area contributed by atoms with Crippen LogP contribution in [0.25, 0.3) is 11.5 Å². The van der Waals surface area contributed by atoms with E-state index >= 15 is 0 Å². The quantitative estimate of drug-likeness (QED) is 0.608. The average molecular weight is 390 g/mol. The maximum absolute atomic E-state index is 12.2. The second-order valence-electron chi connectivity index (χ2n) is 5.51. The first-order valence-corrected chi connectivity index (χ1v) is 8.85. The maximum atomic E-state index is 12.2. The fourth-order valence-corrected chi connectivity index (χ4v) is 2.88. The number of rotatable bonds is 7. The first-order chi connectivity index (χ1) is 13.0. The van der Waals surface area contributed by atoms with Crippen molar-refractivity contribution in [3.05, 3.63) is 30.0 Å². The van der Waals surface area contributed by atoms with Crippen LogP contribution < -0.4 is 14.8 Å². The third-order valence-electron chi connectivity index (χ3n) is 3.57. The molecule has 0 aliphatic rings. The molecule has 0 saturated heterocycles. The highest BCUT2D eigenvalue weighted by molar-refractivity contribution is 8.00. The Labute approximate surface area is 159 Å². The minimum Gasteiger partial charge on any atom is -0.497 e. The number of nitrogens with zero attached hydrogens (tertiary/aromatic N) is 3. The number of anilines is 1. The van der Waals surface area contributed by atoms with Crippen molar-refractivity contribution in [3.8, 4) is 23.0 Å². The summed E-state index contributed by atoms with van der Waals surface area (Å²) in [6, 6.07) is 6.89. The van der Waals surface area contributed by atoms with E-state index < -0.39 is 5.25 Å². The van der Waals surface area contributed by atoms with Crippen LogP contribution in [0.1, 0.15) is 12.7 Å². The molecule has 0 fully saturated rings. The summed E-state index contributed by atoms with van der Waals surface area (Å²) in [6.07, 6.45) is 0. The number of amides is 1. The molecule has 1 atom stereocenters. The van der Waals surface area contributed by atoms with Gasteiger partial charge in [-0.25, -0.2) is 0 Å². The van der Waals surface area contributed by atoms with Gasteiger partial charge in [0.2, 0.25) is 5.91 Å². The van der Waals surface area contributed by atoms with Gasteiger partial charge in [0.1, 0.15) is 17.3 Å². The summed E-state index contributed by atoms with van der Waals surface area (Å²) in [5.74, 6) is 2.20. The topological polar surface area (TPSA) is 113 Å². The second-order valence-corrected chi connectivity index (χ2v) is 6.80. The third-order valence-corrected chi connectivity index (χ3v) is 4.51. The van der Waals surface area contributed by atoms with Gasteiger partial charge in [0.25, 0.3) is 11.1 Å². The Morgan fingerprint density at radius 2 is 2.04 bits per heavy atom. The average Bonchev–Trinajstić information content (AvgIpc) is 3.29. The molecule has 27 heavy (non-hydrogen) atoms. The van der Waals surface area contributed by atoms with Gasteiger partial charge in [-0.05, 0) is 26.0 Å². The van der Waals surface area contributed by atoms with E-state index in [1.807, 2.05) is 0 Å². The van der Waals surface area contributed by atoms with Crippen LogP contribution in [0.4, 0.5) is 5.82 Å². The zero-order valence-electron chi connectivity index (χ0n) is 15.2. The largest absolute Gasteiger partial charge is 0.497 e. The Kier molecular flexibility index (Phi) is 5.65. The standard InChI is InChI=1S/C17H18N4O5S/c1-9-7-14(21-26-9)18-15(22)10(2)27-17-20-19-16(25-17)12-6-5-11(23-3)8-13(12)24-4/h5-8,10H,1-4H3,(H,18,21,22)/t10-/m0/s1. The fourth-order valence-electron chi connectivity index (χ4n) is 2.20. The van der Waals surface area contributed by atoms with E-state index in [0.717, 1.165) is 11.8 Å². The number of methoxy groups -OCH3 is 2. The van der Waals surface area contributed by atoms with Crippen molar-refractivity contribution in [2.75, 3.05) is 19.5 Å². The number of benzene rings is 1. The van der Waals surface area contributed by atoms with Crippen molar-refractivity contribution in [2.24, 2.45) is 0 Å². The van der Waals surface area contributed by atoms with Gasteiger partial charge in [0, 0.05) is 12.1 Å². The zero-order valence-corrected chi connectivity index (χ0v) is 16.0. The van der Waals surface area contributed by atoms with E-state index in [2.05, 4.69) is 20.7 Å². The summed E-state index contributed by atoms with van der Waals surface area (Å²) < 4.78 is 21.1. The minimum absolute atomic E-state index is 0.255. The molecule has 0 radical (unpaired) electrons. The SMILES string of the molecule is COc1ccc(-c2nnc(S[C@@H](C)C(=O)Nc3cc(C)on3)o2)c(OC)c1. The van der Waals surface area contributed by atoms with Gasteiger partial charge in [0.05, 0.1) is 25.0 Å². The fraction of sp³-hybridized carbons (Fsp3) is 0.294. The van der Waals surface area contributed by atoms with Gasteiger partial charge in [-0.2, -0.15) is 0 Å². The summed E-state index contributed by atoms with van der Waals surface area (Å²) >= 11 is 1.14. The van der Waals surface area contributed by atoms with Crippen molar-refractivity contribution in [3.63, 3.8) is 0 Å². The van der Waals surface area contributed by atoms with Crippen molar-refractivity contribution in [1.29, 1.82) is 0 Å². The smallest absolute Gasteiger partial charge is 0.277 e. The molecule has 142 valence electrons. The van der Waals surface area contributed by atoms with Crippen LogP contribution in [0.5, 0.6) is 11.5 Å². The summed E-state index contributed by atoms with van der Waals surface area (Å²) in [5.41, 5.74) is 0.632. The Morgan fingerprint density at radius 1 is 1.22 bits per heavy atom. The molecule has 1 amide bonds. The van der Waals surface area contributed by atoms with E-state index in [9.17, 15) is 4.79 Å². The molecule has 0 unspecified atom stereocenters. The molecule has 3 aromatic rings. The molecule has 0 aliphatic heterocycles. The Morgan fingerprint density at radius 3 is 2.70 bits per heavy atom. The number of carbonyl (C=O) groups is 1. The van der Waals surface area contributed by atoms with E-state index in [4.69, 9.17) is 18.4 Å². The number of carbonyl (C=O) groups excluding carboxylic acids is 1. The van der Waals surface area contributed by atoms with E-state index in [1.54, 1.807) is 52.3 Å². The first-order valence-electron chi connectivity index (χ1n) is 7.97. The molecule has 2 heterocycles. The molecular formula is C17H18N4O5S. The molecule has 1 N–H and O–H groups in total. The highest BCUT2D eigenvalue weighted by Crippen LogP contribution is 2.34. The Balaban J connectivity index is 1.69. The number of aromatic nitrogens is 3. The molecule has 0 saturated carbocycles. The van der Waals surface area contributed by atoms with Crippen LogP contribution in [0.15, 0.2) is 38.4 Å². The summed E-state index contributed by atoms with van der Waals surface area (Å²) in [7, 11) is 3.12. The number of hydrogen-bond donors (Lipinski definition) is 1. The van der Waals surface area contributed by atoms with Gasteiger partial charge >= 0.3 is 0 Å². The second kappa shape index (κ2) is 8.12. The summed E-state index contributed by atoms with van der Waals surface area (Å²) in [4.78, 5) is 12.2. The lowest BCUT2D eigenvalue weighted by atomic mass is 10.2. The Hall–Kier alpha value is -3.01. The third kappa shape index (κ3) is 4.40. The van der Waals surface area contributed by atoms with Crippen LogP contribution in [0.3, 0.4) is 0 Å². The van der Waals surface area contributed by atoms with Crippen LogP contribution in [0.2, 0.25) is 0 Å². The lowest BCUT2D eigenvalue weighted by molar-refractivity contribution is -0.115. The van der Waals surface area contributed by atoms with E-state index in [-0.39, 0.29) is 17.0 Å². The number of nitrogens with one attached hydrogen (secondary N) is 1. The minimum atomic E-state index is -0.479. The summed E-state index contributed by atoms with van der Waals surface area (Å²) in [5, 5.41) is 14.2. The number of hydrogen-bond acceptors (Lipinski definition) is 9. The van der Waals surface area contributed by atoms with Gasteiger partial charge in [-0.3, -0.25) is 4.79 Å². The van der Waals surface area contributed by atoms with Crippen molar-refractivity contribution in [2.45, 2.75) is 24.3 Å². The molecular weight excluding hydrogens is 372 g/mol. The van der Waals surface area contributed by atoms with Crippen LogP contribution in [0, 0.1) is 6.92 Å². The number of aryl methyl sites for hydroxylation is 1. The normalized spacial score (nSPS) is 11.9. The number of thioether (sulfide) groups is 1. The first kappa shape index (κ1) is 18.8. The molecule has 3 rings (SSSR count). The van der Waals surface area contributed by atoms with Crippen molar-refractivity contribution < 1.29 is 23.2 Å². The van der Waals surface area contributed by atoms with Gasteiger partial charge in [-0.1, -0.05) is 16.9 Å². The predicted molar refractivity (Wildman–Crippen MR) is 98.0 cm³/mol. The predicted octanol–water partition coefficient (Wildman–Crippen LogP) is 3.17. The number of ether oxygens (including phenoxy) is 2. The molecule has 10 heteroatoms. The highest BCUT2D eigenvalue weighted by Gasteiger charge is 2.21. The highest BCUT2D eigenvalue weighted by atomic mass is 32.2. The zero-order chi connectivity index (χ0) is 19.4. The van der Waals surface area contributed by atoms with Gasteiger partial charge in [-0.15, -0.1) is 10.2 Å². The lowest BCUT2D eigenvalue weighted by Gasteiger charge is -2.08. The Bertz CT molecular complexity index is 939. The van der Waals surface area contributed by atoms with Crippen LogP contribution in [-0.2, 0) is 4.79 Å². The lowest BCUT2D eigenvalue weighted by Crippen LogP contribution is -2.22.